The van der Waals surface area contributed by atoms with Gasteiger partial charge in [0.05, 0.1) is 6.61 Å². The Morgan fingerprint density at radius 2 is 2.15 bits per heavy atom. The smallest absolute Gasteiger partial charge is 0.0522 e. The molecule has 0 unspecified atom stereocenters. The maximum atomic E-state index is 9.44. The summed E-state index contributed by atoms with van der Waals surface area (Å²) in [7, 11) is 0. The van der Waals surface area contributed by atoms with E-state index in [1.807, 2.05) is 0 Å². The van der Waals surface area contributed by atoms with Gasteiger partial charge in [0.1, 0.15) is 0 Å². The van der Waals surface area contributed by atoms with E-state index in [-0.39, 0.29) is 17.4 Å². The quantitative estimate of drug-likeness (QED) is 0.654. The molecule has 1 fully saturated rings. The second-order valence-corrected chi connectivity index (χ2v) is 4.93. The summed E-state index contributed by atoms with van der Waals surface area (Å²) in [6.07, 6.45) is 10.2. The summed E-state index contributed by atoms with van der Waals surface area (Å²) in [4.78, 5) is 0. The van der Waals surface area contributed by atoms with Gasteiger partial charge < -0.3 is 5.11 Å². The third kappa shape index (κ3) is 1.18. The molecule has 1 saturated carbocycles. The molecule has 0 aromatic heterocycles. The number of aliphatic hydroxyl groups is 1. The maximum absolute atomic E-state index is 9.44. The summed E-state index contributed by atoms with van der Waals surface area (Å²) < 4.78 is 0. The molecule has 0 aromatic carbocycles. The lowest BCUT2D eigenvalue weighted by atomic mass is 9.61. The van der Waals surface area contributed by atoms with Crippen LogP contribution in [0.1, 0.15) is 33.1 Å². The molecule has 0 amide bonds. The van der Waals surface area contributed by atoms with Crippen molar-refractivity contribution in [3.63, 3.8) is 0 Å². The second-order valence-electron chi connectivity index (χ2n) is 4.93. The van der Waals surface area contributed by atoms with E-state index in [1.165, 1.54) is 18.4 Å². The molecule has 13 heavy (non-hydrogen) atoms. The van der Waals surface area contributed by atoms with Gasteiger partial charge in [0.25, 0.3) is 0 Å². The van der Waals surface area contributed by atoms with E-state index >= 15 is 0 Å². The van der Waals surface area contributed by atoms with Gasteiger partial charge in [-0.2, -0.15) is 0 Å². The largest absolute Gasteiger partial charge is 0.395 e. The van der Waals surface area contributed by atoms with Crippen molar-refractivity contribution in [1.29, 1.82) is 0 Å². The molecule has 0 aromatic rings. The molecule has 72 valence electrons. The van der Waals surface area contributed by atoms with E-state index < -0.39 is 0 Å². The van der Waals surface area contributed by atoms with Gasteiger partial charge in [-0.25, -0.2) is 0 Å². The third-order valence-electron chi connectivity index (χ3n) is 3.77. The van der Waals surface area contributed by atoms with Crippen molar-refractivity contribution in [3.05, 3.63) is 23.8 Å². The molecule has 0 spiro atoms. The number of hydrogen-bond acceptors (Lipinski definition) is 1. The van der Waals surface area contributed by atoms with Crippen LogP contribution in [-0.2, 0) is 0 Å². The van der Waals surface area contributed by atoms with E-state index in [4.69, 9.17) is 0 Å². The Morgan fingerprint density at radius 1 is 1.38 bits per heavy atom. The van der Waals surface area contributed by atoms with E-state index in [2.05, 4.69) is 32.1 Å². The van der Waals surface area contributed by atoms with Crippen LogP contribution in [0.3, 0.4) is 0 Å². The van der Waals surface area contributed by atoms with Crippen molar-refractivity contribution in [1.82, 2.24) is 0 Å². The van der Waals surface area contributed by atoms with Crippen LogP contribution in [-0.4, -0.2) is 11.7 Å². The van der Waals surface area contributed by atoms with E-state index in [0.717, 1.165) is 6.42 Å². The van der Waals surface area contributed by atoms with Gasteiger partial charge in [-0.15, -0.1) is 0 Å². The first-order chi connectivity index (χ1) is 6.11. The Bertz CT molecular complexity index is 277. The topological polar surface area (TPSA) is 20.2 Å². The number of rotatable bonds is 1. The maximum Gasteiger partial charge on any atom is 0.0522 e. The normalized spacial score (nSPS) is 43.2. The van der Waals surface area contributed by atoms with Gasteiger partial charge >= 0.3 is 0 Å². The minimum Gasteiger partial charge on any atom is -0.395 e. The standard InChI is InChI=1S/C12H18O/c1-11-6-3-5-10(11)12(2,9-13)8-4-7-11/h3,5-6,13H,4,7-9H2,1-2H3/t11-,12-/m0/s1. The van der Waals surface area contributed by atoms with Crippen LogP contribution in [0.25, 0.3) is 0 Å². The van der Waals surface area contributed by atoms with Crippen molar-refractivity contribution >= 4 is 0 Å². The van der Waals surface area contributed by atoms with Gasteiger partial charge in [0.2, 0.25) is 0 Å². The second kappa shape index (κ2) is 2.71. The Balaban J connectivity index is 2.37. The molecule has 0 heterocycles. The molecule has 2 atom stereocenters. The van der Waals surface area contributed by atoms with E-state index in [9.17, 15) is 5.11 Å². The molecule has 1 N–H and O–H groups in total. The Kier molecular flexibility index (Phi) is 1.88. The molecule has 0 aliphatic heterocycles. The van der Waals surface area contributed by atoms with Gasteiger partial charge in [-0.05, 0) is 12.8 Å². The lowest BCUT2D eigenvalue weighted by molar-refractivity contribution is 0.119. The van der Waals surface area contributed by atoms with E-state index in [0.29, 0.717) is 0 Å². The average molecular weight is 178 g/mol. The van der Waals surface area contributed by atoms with Crippen LogP contribution >= 0.6 is 0 Å². The van der Waals surface area contributed by atoms with Crippen LogP contribution in [0.15, 0.2) is 23.8 Å². The minimum atomic E-state index is 0.0382. The molecule has 0 radical (unpaired) electrons. The summed E-state index contributed by atoms with van der Waals surface area (Å²) in [6.45, 7) is 4.76. The molecule has 0 saturated heterocycles. The predicted octanol–water partition coefficient (Wildman–Crippen LogP) is 2.67. The van der Waals surface area contributed by atoms with Crippen molar-refractivity contribution < 1.29 is 5.11 Å². The SMILES string of the molecule is C[C@@]1(CO)CCC[C@]2(C)C=CC=C12. The summed E-state index contributed by atoms with van der Waals surface area (Å²) in [5.41, 5.74) is 1.72. The predicted molar refractivity (Wildman–Crippen MR) is 54.4 cm³/mol. The third-order valence-corrected chi connectivity index (χ3v) is 3.77. The molecule has 2 rings (SSSR count). The lowest BCUT2D eigenvalue weighted by Gasteiger charge is -2.43. The summed E-state index contributed by atoms with van der Waals surface area (Å²) in [6, 6.07) is 0. The number of hydrogen-bond donors (Lipinski definition) is 1. The monoisotopic (exact) mass is 178 g/mol. The number of aliphatic hydroxyl groups excluding tert-OH is 1. The van der Waals surface area contributed by atoms with Gasteiger partial charge in [0, 0.05) is 10.8 Å². The highest BCUT2D eigenvalue weighted by molar-refractivity contribution is 5.38. The van der Waals surface area contributed by atoms with Crippen LogP contribution in [0.2, 0.25) is 0 Å². The minimum absolute atomic E-state index is 0.0382. The molecule has 1 nitrogen and oxygen atoms in total. The Labute approximate surface area is 80.2 Å². The molecule has 1 heteroatoms. The van der Waals surface area contributed by atoms with Crippen LogP contribution in [0, 0.1) is 10.8 Å². The van der Waals surface area contributed by atoms with Gasteiger partial charge in [-0.1, -0.05) is 44.1 Å². The van der Waals surface area contributed by atoms with Crippen LogP contribution in [0.4, 0.5) is 0 Å². The van der Waals surface area contributed by atoms with Crippen molar-refractivity contribution in [2.24, 2.45) is 10.8 Å². The molecular weight excluding hydrogens is 160 g/mol. The zero-order valence-electron chi connectivity index (χ0n) is 8.51. The summed E-state index contributed by atoms with van der Waals surface area (Å²) in [5, 5.41) is 9.44. The highest BCUT2D eigenvalue weighted by Crippen LogP contribution is 2.53. The summed E-state index contributed by atoms with van der Waals surface area (Å²) in [5.74, 6) is 0. The van der Waals surface area contributed by atoms with E-state index in [1.54, 1.807) is 0 Å². The van der Waals surface area contributed by atoms with Crippen molar-refractivity contribution in [2.75, 3.05) is 6.61 Å². The van der Waals surface area contributed by atoms with Crippen LogP contribution < -0.4 is 0 Å². The average Bonchev–Trinajstić information content (AvgIpc) is 2.48. The Hall–Kier alpha value is -0.560. The first-order valence-electron chi connectivity index (χ1n) is 5.12. The molecule has 2 aliphatic carbocycles. The first kappa shape index (κ1) is 9.01. The van der Waals surface area contributed by atoms with Crippen molar-refractivity contribution in [2.45, 2.75) is 33.1 Å². The fraction of sp³-hybridized carbons (Fsp3) is 0.667. The summed E-state index contributed by atoms with van der Waals surface area (Å²) >= 11 is 0. The highest BCUT2D eigenvalue weighted by atomic mass is 16.3. The fourth-order valence-electron chi connectivity index (χ4n) is 2.89. The highest BCUT2D eigenvalue weighted by Gasteiger charge is 2.43. The zero-order chi connectivity index (χ0) is 9.53. The zero-order valence-corrected chi connectivity index (χ0v) is 8.51. The van der Waals surface area contributed by atoms with Gasteiger partial charge in [0.15, 0.2) is 0 Å². The van der Waals surface area contributed by atoms with Gasteiger partial charge in [-0.3, -0.25) is 0 Å². The fourth-order valence-corrected chi connectivity index (χ4v) is 2.89. The van der Waals surface area contributed by atoms with Crippen LogP contribution in [0.5, 0.6) is 0 Å². The number of fused-ring (bicyclic) bond motifs is 1. The molecule has 0 bridgehead atoms. The molecular formula is C12H18O. The number of allylic oxidation sites excluding steroid dienone is 3. The first-order valence-corrected chi connectivity index (χ1v) is 5.12. The van der Waals surface area contributed by atoms with Crippen molar-refractivity contribution in [3.8, 4) is 0 Å². The Morgan fingerprint density at radius 3 is 2.85 bits per heavy atom. The lowest BCUT2D eigenvalue weighted by Crippen LogP contribution is -2.36. The molecule has 2 aliphatic rings.